The van der Waals surface area contributed by atoms with E-state index in [2.05, 4.69) is 27.2 Å². The third-order valence-corrected chi connectivity index (χ3v) is 2.89. The van der Waals surface area contributed by atoms with E-state index in [4.69, 9.17) is 0 Å². The third-order valence-electron chi connectivity index (χ3n) is 2.89. The predicted molar refractivity (Wildman–Crippen MR) is 66.8 cm³/mol. The van der Waals surface area contributed by atoms with Crippen LogP contribution in [0.2, 0.25) is 0 Å². The van der Waals surface area contributed by atoms with Gasteiger partial charge in [-0.15, -0.1) is 0 Å². The highest BCUT2D eigenvalue weighted by molar-refractivity contribution is 5.48. The van der Waals surface area contributed by atoms with Crippen LogP contribution in [0.15, 0.2) is 6.07 Å². The highest BCUT2D eigenvalue weighted by Crippen LogP contribution is 2.19. The molecule has 0 bridgehead atoms. The van der Waals surface area contributed by atoms with Crippen LogP contribution in [0, 0.1) is 6.92 Å². The average molecular weight is 269 g/mol. The molecule has 0 radical (unpaired) electrons. The van der Waals surface area contributed by atoms with Crippen molar-refractivity contribution in [3.05, 3.63) is 17.6 Å². The lowest BCUT2D eigenvalue weighted by Gasteiger charge is -1.99. The molecule has 0 aromatic carbocycles. The number of halogens is 2. The summed E-state index contributed by atoms with van der Waals surface area (Å²) >= 11 is 0. The van der Waals surface area contributed by atoms with Crippen LogP contribution < -0.4 is 0 Å². The van der Waals surface area contributed by atoms with Crippen LogP contribution in [0.3, 0.4) is 0 Å². The summed E-state index contributed by atoms with van der Waals surface area (Å²) in [5.74, 6) is 1.14. The molecule has 2 aromatic heterocycles. The van der Waals surface area contributed by atoms with E-state index in [0.717, 1.165) is 31.5 Å². The standard InChI is InChI=1S/C12H17F2N5/c1-3-4-5-6-10-15-11(17-16-10)9-7-8(2)19(18-9)12(13)14/h7,12H,3-6H2,1-2H3,(H,15,16,17). The Morgan fingerprint density at radius 2 is 2.16 bits per heavy atom. The Bertz CT molecular complexity index is 532. The lowest BCUT2D eigenvalue weighted by Crippen LogP contribution is -2.02. The summed E-state index contributed by atoms with van der Waals surface area (Å²) in [7, 11) is 0. The minimum atomic E-state index is -2.64. The number of unbranched alkanes of at least 4 members (excludes halogenated alkanes) is 2. The molecule has 5 nitrogen and oxygen atoms in total. The minimum absolute atomic E-state index is 0.369. The van der Waals surface area contributed by atoms with Gasteiger partial charge in [-0.3, -0.25) is 5.10 Å². The van der Waals surface area contributed by atoms with E-state index < -0.39 is 6.55 Å². The van der Waals surface area contributed by atoms with E-state index in [1.54, 1.807) is 13.0 Å². The Morgan fingerprint density at radius 1 is 1.37 bits per heavy atom. The lowest BCUT2D eigenvalue weighted by atomic mass is 10.2. The van der Waals surface area contributed by atoms with Crippen LogP contribution in [0.5, 0.6) is 0 Å². The van der Waals surface area contributed by atoms with Crippen molar-refractivity contribution in [1.29, 1.82) is 0 Å². The first-order valence-corrected chi connectivity index (χ1v) is 6.37. The van der Waals surface area contributed by atoms with Crippen molar-refractivity contribution in [2.24, 2.45) is 0 Å². The normalized spacial score (nSPS) is 11.4. The molecule has 0 saturated heterocycles. The third kappa shape index (κ3) is 3.15. The molecule has 0 atom stereocenters. The molecule has 7 heteroatoms. The largest absolute Gasteiger partial charge is 0.333 e. The number of alkyl halides is 2. The molecule has 0 saturated carbocycles. The van der Waals surface area contributed by atoms with Gasteiger partial charge >= 0.3 is 6.55 Å². The molecule has 19 heavy (non-hydrogen) atoms. The quantitative estimate of drug-likeness (QED) is 0.820. The Kier molecular flexibility index (Phi) is 4.24. The summed E-state index contributed by atoms with van der Waals surface area (Å²) in [6, 6.07) is 1.56. The van der Waals surface area contributed by atoms with Crippen molar-refractivity contribution >= 4 is 0 Å². The van der Waals surface area contributed by atoms with E-state index in [0.29, 0.717) is 21.9 Å². The fourth-order valence-corrected chi connectivity index (χ4v) is 1.86. The van der Waals surface area contributed by atoms with Crippen LogP contribution in [0.25, 0.3) is 11.5 Å². The van der Waals surface area contributed by atoms with Crippen LogP contribution >= 0.6 is 0 Å². The minimum Gasteiger partial charge on any atom is -0.263 e. The van der Waals surface area contributed by atoms with E-state index in [1.165, 1.54) is 0 Å². The van der Waals surface area contributed by atoms with Crippen LogP contribution in [-0.4, -0.2) is 25.0 Å². The van der Waals surface area contributed by atoms with Gasteiger partial charge in [-0.25, -0.2) is 9.67 Å². The number of H-pyrrole nitrogens is 1. The van der Waals surface area contributed by atoms with Crippen molar-refractivity contribution in [2.45, 2.75) is 46.1 Å². The second kappa shape index (κ2) is 5.90. The molecule has 0 amide bonds. The number of rotatable bonds is 6. The Labute approximate surface area is 110 Å². The Morgan fingerprint density at radius 3 is 2.79 bits per heavy atom. The maximum atomic E-state index is 12.6. The first-order chi connectivity index (χ1) is 9.11. The van der Waals surface area contributed by atoms with Gasteiger partial charge in [0.15, 0.2) is 0 Å². The van der Waals surface area contributed by atoms with Crippen LogP contribution in [0.4, 0.5) is 8.78 Å². The summed E-state index contributed by atoms with van der Waals surface area (Å²) in [6.07, 6.45) is 4.12. The molecule has 0 fully saturated rings. The molecule has 104 valence electrons. The second-order valence-corrected chi connectivity index (χ2v) is 4.46. The number of nitrogens with zero attached hydrogens (tertiary/aromatic N) is 4. The summed E-state index contributed by atoms with van der Waals surface area (Å²) in [5, 5.41) is 10.7. The van der Waals surface area contributed by atoms with E-state index in [1.807, 2.05) is 0 Å². The monoisotopic (exact) mass is 269 g/mol. The molecule has 0 aliphatic heterocycles. The van der Waals surface area contributed by atoms with Crippen molar-refractivity contribution in [1.82, 2.24) is 25.0 Å². The highest BCUT2D eigenvalue weighted by Gasteiger charge is 2.15. The van der Waals surface area contributed by atoms with Crippen molar-refractivity contribution in [3.8, 4) is 11.5 Å². The van der Waals surface area contributed by atoms with Gasteiger partial charge in [-0.05, 0) is 19.4 Å². The second-order valence-electron chi connectivity index (χ2n) is 4.46. The van der Waals surface area contributed by atoms with Gasteiger partial charge < -0.3 is 0 Å². The zero-order valence-electron chi connectivity index (χ0n) is 11.0. The molecule has 0 aliphatic rings. The van der Waals surface area contributed by atoms with Crippen molar-refractivity contribution in [2.75, 3.05) is 0 Å². The van der Waals surface area contributed by atoms with Gasteiger partial charge in [0, 0.05) is 12.1 Å². The molecule has 0 aliphatic carbocycles. The Hall–Kier alpha value is -1.79. The highest BCUT2D eigenvalue weighted by atomic mass is 19.3. The molecule has 2 heterocycles. The van der Waals surface area contributed by atoms with Gasteiger partial charge in [-0.1, -0.05) is 19.8 Å². The summed E-state index contributed by atoms with van der Waals surface area (Å²) in [4.78, 5) is 4.28. The number of aromatic nitrogens is 5. The average Bonchev–Trinajstić information content (AvgIpc) is 2.96. The molecule has 0 unspecified atom stereocenters. The SMILES string of the molecule is CCCCCc1nc(-c2cc(C)n(C(F)F)n2)n[nH]1. The first-order valence-electron chi connectivity index (χ1n) is 6.37. The summed E-state index contributed by atoms with van der Waals surface area (Å²) < 4.78 is 25.9. The Balaban J connectivity index is 2.11. The molecular weight excluding hydrogens is 252 g/mol. The van der Waals surface area contributed by atoms with Gasteiger partial charge in [-0.2, -0.15) is 19.0 Å². The zero-order valence-corrected chi connectivity index (χ0v) is 11.0. The fraction of sp³-hybridized carbons (Fsp3) is 0.583. The van der Waals surface area contributed by atoms with Crippen molar-refractivity contribution in [3.63, 3.8) is 0 Å². The molecule has 0 spiro atoms. The molecule has 1 N–H and O–H groups in total. The summed E-state index contributed by atoms with van der Waals surface area (Å²) in [5.41, 5.74) is 0.762. The predicted octanol–water partition coefficient (Wildman–Crippen LogP) is 3.10. The van der Waals surface area contributed by atoms with Crippen LogP contribution in [-0.2, 0) is 6.42 Å². The smallest absolute Gasteiger partial charge is 0.263 e. The maximum absolute atomic E-state index is 12.6. The number of aromatic amines is 1. The molecule has 2 aromatic rings. The van der Waals surface area contributed by atoms with E-state index >= 15 is 0 Å². The van der Waals surface area contributed by atoms with E-state index in [-0.39, 0.29) is 0 Å². The number of hydrogen-bond acceptors (Lipinski definition) is 3. The molecular formula is C12H17F2N5. The fourth-order valence-electron chi connectivity index (χ4n) is 1.86. The topological polar surface area (TPSA) is 59.4 Å². The lowest BCUT2D eigenvalue weighted by molar-refractivity contribution is 0.0546. The molecule has 2 rings (SSSR count). The summed E-state index contributed by atoms with van der Waals surface area (Å²) in [6.45, 7) is 1.07. The van der Waals surface area contributed by atoms with Gasteiger partial charge in [0.1, 0.15) is 11.5 Å². The van der Waals surface area contributed by atoms with Gasteiger partial charge in [0.05, 0.1) is 0 Å². The van der Waals surface area contributed by atoms with Crippen LogP contribution in [0.1, 0.15) is 44.3 Å². The number of nitrogens with one attached hydrogen (secondary N) is 1. The van der Waals surface area contributed by atoms with E-state index in [9.17, 15) is 8.78 Å². The number of hydrogen-bond donors (Lipinski definition) is 1. The van der Waals surface area contributed by atoms with Gasteiger partial charge in [0.25, 0.3) is 0 Å². The van der Waals surface area contributed by atoms with Gasteiger partial charge in [0.2, 0.25) is 5.82 Å². The van der Waals surface area contributed by atoms with Crippen molar-refractivity contribution < 1.29 is 8.78 Å². The zero-order chi connectivity index (χ0) is 13.8. The number of aryl methyl sites for hydroxylation is 2. The first kappa shape index (κ1) is 13.6. The maximum Gasteiger partial charge on any atom is 0.333 e.